The van der Waals surface area contributed by atoms with Gasteiger partial charge in [0.2, 0.25) is 6.29 Å². The summed E-state index contributed by atoms with van der Waals surface area (Å²) in [5.41, 5.74) is 0.273. The maximum atomic E-state index is 12.2. The summed E-state index contributed by atoms with van der Waals surface area (Å²) in [6, 6.07) is 4.40. The van der Waals surface area contributed by atoms with Crippen molar-refractivity contribution < 1.29 is 23.9 Å². The molecule has 5 nitrogen and oxygen atoms in total. The number of benzene rings is 1. The number of Topliss-reactive ketones (excluding diaryl/α,β-unsaturated/α-hetero) is 1. The van der Waals surface area contributed by atoms with Gasteiger partial charge >= 0.3 is 6.16 Å². The van der Waals surface area contributed by atoms with Gasteiger partial charge in [0, 0.05) is 12.0 Å². The van der Waals surface area contributed by atoms with Crippen molar-refractivity contribution in [1.29, 1.82) is 0 Å². The zero-order chi connectivity index (χ0) is 19.6. The summed E-state index contributed by atoms with van der Waals surface area (Å²) in [6.07, 6.45) is 6.59. The fourth-order valence-electron chi connectivity index (χ4n) is 2.30. The van der Waals surface area contributed by atoms with E-state index in [-0.39, 0.29) is 29.1 Å². The SMILES string of the molecule is CCCCCCCC(=O)c1ccc(OC(=O)OCC(C)(C)C)c([C]=O)c1. The number of hydrogen-bond acceptors (Lipinski definition) is 5. The molecule has 0 spiro atoms. The van der Waals surface area contributed by atoms with E-state index >= 15 is 0 Å². The second kappa shape index (κ2) is 10.7. The van der Waals surface area contributed by atoms with Crippen LogP contribution >= 0.6 is 0 Å². The van der Waals surface area contributed by atoms with Crippen LogP contribution in [0.2, 0.25) is 0 Å². The fraction of sp³-hybridized carbons (Fsp3) is 0.571. The zero-order valence-corrected chi connectivity index (χ0v) is 16.2. The summed E-state index contributed by atoms with van der Waals surface area (Å²) in [4.78, 5) is 35.1. The van der Waals surface area contributed by atoms with E-state index in [4.69, 9.17) is 9.47 Å². The van der Waals surface area contributed by atoms with Crippen LogP contribution in [0, 0.1) is 5.41 Å². The van der Waals surface area contributed by atoms with Crippen LogP contribution < -0.4 is 4.74 Å². The first-order valence-electron chi connectivity index (χ1n) is 9.17. The third kappa shape index (κ3) is 8.28. The van der Waals surface area contributed by atoms with E-state index in [1.165, 1.54) is 18.6 Å². The van der Waals surface area contributed by atoms with Gasteiger partial charge in [-0.05, 0) is 30.0 Å². The van der Waals surface area contributed by atoms with E-state index in [0.29, 0.717) is 12.0 Å². The number of ketones is 1. The van der Waals surface area contributed by atoms with Gasteiger partial charge in [0.15, 0.2) is 5.78 Å². The van der Waals surface area contributed by atoms with Crippen molar-refractivity contribution in [2.45, 2.75) is 66.2 Å². The van der Waals surface area contributed by atoms with E-state index in [2.05, 4.69) is 6.92 Å². The van der Waals surface area contributed by atoms with E-state index in [1.807, 2.05) is 20.8 Å². The first-order valence-corrected chi connectivity index (χ1v) is 9.17. The molecule has 0 fully saturated rings. The molecule has 1 rings (SSSR count). The van der Waals surface area contributed by atoms with Crippen LogP contribution in [0.15, 0.2) is 18.2 Å². The quantitative estimate of drug-likeness (QED) is 0.246. The van der Waals surface area contributed by atoms with E-state index in [9.17, 15) is 14.4 Å². The average molecular weight is 361 g/mol. The van der Waals surface area contributed by atoms with Crippen LogP contribution in [0.4, 0.5) is 4.79 Å². The molecular weight excluding hydrogens is 332 g/mol. The number of unbranched alkanes of at least 4 members (excludes halogenated alkanes) is 4. The van der Waals surface area contributed by atoms with Crippen molar-refractivity contribution in [3.05, 3.63) is 29.3 Å². The highest BCUT2D eigenvalue weighted by molar-refractivity contribution is 5.98. The molecule has 0 aliphatic heterocycles. The lowest BCUT2D eigenvalue weighted by Crippen LogP contribution is -2.20. The first kappa shape index (κ1) is 21.9. The monoisotopic (exact) mass is 361 g/mol. The van der Waals surface area contributed by atoms with Crippen LogP contribution in [0.1, 0.15) is 82.1 Å². The molecule has 26 heavy (non-hydrogen) atoms. The first-order chi connectivity index (χ1) is 12.3. The van der Waals surface area contributed by atoms with Gasteiger partial charge in [-0.1, -0.05) is 53.4 Å². The molecule has 0 bridgehead atoms. The minimum atomic E-state index is -0.883. The Morgan fingerprint density at radius 3 is 2.38 bits per heavy atom. The molecule has 0 saturated heterocycles. The van der Waals surface area contributed by atoms with Crippen LogP contribution in [0.3, 0.4) is 0 Å². The highest BCUT2D eigenvalue weighted by Crippen LogP contribution is 2.21. The molecule has 1 aromatic rings. The molecule has 0 atom stereocenters. The number of ether oxygens (including phenoxy) is 2. The average Bonchev–Trinajstić information content (AvgIpc) is 2.59. The Kier molecular flexibility index (Phi) is 9.03. The molecule has 0 aliphatic rings. The minimum Gasteiger partial charge on any atom is -0.433 e. The normalized spacial score (nSPS) is 11.1. The van der Waals surface area contributed by atoms with Crippen LogP contribution in [-0.2, 0) is 9.53 Å². The highest BCUT2D eigenvalue weighted by atomic mass is 16.7. The number of carbonyl (C=O) groups is 2. The largest absolute Gasteiger partial charge is 0.513 e. The van der Waals surface area contributed by atoms with E-state index < -0.39 is 6.16 Å². The molecule has 0 aromatic heterocycles. The van der Waals surface area contributed by atoms with Crippen molar-refractivity contribution in [1.82, 2.24) is 0 Å². The molecule has 1 aromatic carbocycles. The van der Waals surface area contributed by atoms with E-state index in [1.54, 1.807) is 12.4 Å². The summed E-state index contributed by atoms with van der Waals surface area (Å²) >= 11 is 0. The number of carbonyl (C=O) groups excluding carboxylic acids is 3. The molecule has 1 radical (unpaired) electrons. The second-order valence-corrected chi connectivity index (χ2v) is 7.60. The Morgan fingerprint density at radius 2 is 1.77 bits per heavy atom. The maximum absolute atomic E-state index is 12.2. The zero-order valence-electron chi connectivity index (χ0n) is 16.2. The smallest absolute Gasteiger partial charge is 0.433 e. The third-order valence-electron chi connectivity index (χ3n) is 3.74. The minimum absolute atomic E-state index is 0.0279. The van der Waals surface area contributed by atoms with E-state index in [0.717, 1.165) is 25.7 Å². The predicted octanol–water partition coefficient (Wildman–Crippen LogP) is 5.25. The number of rotatable bonds is 10. The number of hydrogen-bond donors (Lipinski definition) is 0. The Labute approximate surface area is 156 Å². The molecule has 0 amide bonds. The summed E-state index contributed by atoms with van der Waals surface area (Å²) in [6.45, 7) is 8.11. The molecule has 0 aliphatic carbocycles. The highest BCUT2D eigenvalue weighted by Gasteiger charge is 2.17. The van der Waals surface area contributed by atoms with Crippen molar-refractivity contribution in [2.75, 3.05) is 6.61 Å². The molecule has 0 heterocycles. The third-order valence-corrected chi connectivity index (χ3v) is 3.74. The summed E-state index contributed by atoms with van der Waals surface area (Å²) < 4.78 is 10.1. The van der Waals surface area contributed by atoms with Gasteiger partial charge in [-0.25, -0.2) is 4.79 Å². The molecule has 5 heteroatoms. The van der Waals surface area contributed by atoms with Crippen molar-refractivity contribution in [3.63, 3.8) is 0 Å². The fourth-order valence-corrected chi connectivity index (χ4v) is 2.30. The Bertz CT molecular complexity index is 613. The van der Waals surface area contributed by atoms with Crippen LogP contribution in [0.25, 0.3) is 0 Å². The molecule has 0 saturated carbocycles. The summed E-state index contributed by atoms with van der Waals surface area (Å²) in [7, 11) is 0. The van der Waals surface area contributed by atoms with Crippen LogP contribution in [-0.4, -0.2) is 24.8 Å². The Hall–Kier alpha value is -2.17. The Balaban J connectivity index is 2.64. The lowest BCUT2D eigenvalue weighted by atomic mass is 9.99. The van der Waals surface area contributed by atoms with Crippen LogP contribution in [0.5, 0.6) is 5.75 Å². The molecule has 143 valence electrons. The predicted molar refractivity (Wildman–Crippen MR) is 100 cm³/mol. The van der Waals surface area contributed by atoms with Gasteiger partial charge in [-0.15, -0.1) is 0 Å². The second-order valence-electron chi connectivity index (χ2n) is 7.60. The van der Waals surface area contributed by atoms with Gasteiger partial charge in [0.25, 0.3) is 0 Å². The van der Waals surface area contributed by atoms with Crippen molar-refractivity contribution in [2.24, 2.45) is 5.41 Å². The van der Waals surface area contributed by atoms with Gasteiger partial charge in [0.1, 0.15) is 5.75 Å². The summed E-state index contributed by atoms with van der Waals surface area (Å²) in [5.74, 6) is 0.0123. The van der Waals surface area contributed by atoms with Gasteiger partial charge in [-0.2, -0.15) is 0 Å². The van der Waals surface area contributed by atoms with Crippen molar-refractivity contribution >= 4 is 18.2 Å². The molecular formula is C21H29O5. The summed E-state index contributed by atoms with van der Waals surface area (Å²) in [5, 5.41) is 0. The maximum Gasteiger partial charge on any atom is 0.513 e. The lowest BCUT2D eigenvalue weighted by Gasteiger charge is -2.17. The van der Waals surface area contributed by atoms with Gasteiger partial charge in [-0.3, -0.25) is 9.59 Å². The lowest BCUT2D eigenvalue weighted by molar-refractivity contribution is 0.0684. The van der Waals surface area contributed by atoms with Gasteiger partial charge < -0.3 is 9.47 Å². The van der Waals surface area contributed by atoms with Gasteiger partial charge in [0.05, 0.1) is 12.2 Å². The molecule has 0 N–H and O–H groups in total. The van der Waals surface area contributed by atoms with Crippen molar-refractivity contribution in [3.8, 4) is 5.75 Å². The Morgan fingerprint density at radius 1 is 1.08 bits per heavy atom. The standard InChI is InChI=1S/C21H29O5/c1-5-6-7-8-9-10-18(23)16-11-12-19(17(13-16)14-22)26-20(24)25-15-21(2,3)4/h11-13H,5-10,15H2,1-4H3. The topological polar surface area (TPSA) is 69.7 Å². The molecule has 0 unspecified atom stereocenters.